The van der Waals surface area contributed by atoms with Crippen molar-refractivity contribution in [2.75, 3.05) is 33.9 Å². The summed E-state index contributed by atoms with van der Waals surface area (Å²) in [6, 6.07) is 3.75. The van der Waals surface area contributed by atoms with E-state index in [0.29, 0.717) is 29.5 Å². The van der Waals surface area contributed by atoms with Crippen molar-refractivity contribution >= 4 is 17.5 Å². The van der Waals surface area contributed by atoms with Gasteiger partial charge in [0.1, 0.15) is 11.6 Å². The van der Waals surface area contributed by atoms with Crippen LogP contribution in [0, 0.1) is 5.92 Å². The summed E-state index contributed by atoms with van der Waals surface area (Å²) in [5.41, 5.74) is 1.01. The van der Waals surface area contributed by atoms with Crippen molar-refractivity contribution in [3.8, 4) is 11.5 Å². The number of nitrogens with one attached hydrogen (secondary N) is 1. The normalized spacial score (nSPS) is 16.9. The summed E-state index contributed by atoms with van der Waals surface area (Å²) in [6.07, 6.45) is 4.73. The number of hydrogen-bond donors (Lipinski definition) is 1. The van der Waals surface area contributed by atoms with Crippen LogP contribution in [0.4, 0.5) is 0 Å². The number of methoxy groups -OCH3 is 2. The van der Waals surface area contributed by atoms with E-state index in [1.54, 1.807) is 20.3 Å². The summed E-state index contributed by atoms with van der Waals surface area (Å²) in [5, 5.41) is 12.5. The minimum absolute atomic E-state index is 0.180. The van der Waals surface area contributed by atoms with Crippen LogP contribution in [0.1, 0.15) is 36.5 Å². The van der Waals surface area contributed by atoms with Crippen molar-refractivity contribution < 1.29 is 14.3 Å². The zero-order chi connectivity index (χ0) is 21.8. The number of benzene rings is 1. The molecule has 2 aliphatic rings. The molecule has 0 bridgehead atoms. The van der Waals surface area contributed by atoms with Gasteiger partial charge in [-0.25, -0.2) is 0 Å². The molecule has 0 radical (unpaired) electrons. The third-order valence-electron chi connectivity index (χ3n) is 6.27. The summed E-state index contributed by atoms with van der Waals surface area (Å²) < 4.78 is 13.0. The van der Waals surface area contributed by atoms with Crippen LogP contribution in [-0.4, -0.2) is 59.4 Å². The van der Waals surface area contributed by atoms with Crippen molar-refractivity contribution in [2.24, 2.45) is 5.92 Å². The van der Waals surface area contributed by atoms with Crippen LogP contribution in [0.25, 0.3) is 0 Å². The topological polar surface area (TPSA) is 81.5 Å². The molecule has 1 aliphatic carbocycles. The minimum atomic E-state index is 0.180. The standard InChI is InChI=1S/C22H30ClN5O3/c1-30-18-12-16(17(23)13-19(18)31-2)14-27-9-7-21-26-25-20(28(21)11-10-27)6-8-24-22(29)15-4-3-5-15/h12-13,15H,3-11,14H2,1-2H3,(H,24,29). The number of aromatic nitrogens is 3. The van der Waals surface area contributed by atoms with Gasteiger partial charge in [-0.3, -0.25) is 9.69 Å². The fraction of sp³-hybridized carbons (Fsp3) is 0.591. The van der Waals surface area contributed by atoms with E-state index in [9.17, 15) is 4.79 Å². The Morgan fingerprint density at radius 1 is 1.16 bits per heavy atom. The lowest BCUT2D eigenvalue weighted by atomic mass is 9.85. The monoisotopic (exact) mass is 447 g/mol. The summed E-state index contributed by atoms with van der Waals surface area (Å²) >= 11 is 6.49. The van der Waals surface area contributed by atoms with Gasteiger partial charge in [-0.1, -0.05) is 18.0 Å². The molecule has 2 heterocycles. The number of halogens is 1. The lowest BCUT2D eigenvalue weighted by Gasteiger charge is -2.24. The number of nitrogens with zero attached hydrogens (tertiary/aromatic N) is 4. The van der Waals surface area contributed by atoms with Gasteiger partial charge in [-0.15, -0.1) is 10.2 Å². The molecule has 9 heteroatoms. The molecule has 1 amide bonds. The summed E-state index contributed by atoms with van der Waals surface area (Å²) in [5.74, 6) is 3.65. The van der Waals surface area contributed by atoms with E-state index in [-0.39, 0.29) is 11.8 Å². The summed E-state index contributed by atoms with van der Waals surface area (Å²) in [4.78, 5) is 14.4. The largest absolute Gasteiger partial charge is 0.493 e. The van der Waals surface area contributed by atoms with Gasteiger partial charge < -0.3 is 19.4 Å². The quantitative estimate of drug-likeness (QED) is 0.669. The van der Waals surface area contributed by atoms with Crippen molar-refractivity contribution in [2.45, 2.75) is 45.2 Å². The van der Waals surface area contributed by atoms with Gasteiger partial charge in [0.25, 0.3) is 0 Å². The molecular formula is C22H30ClN5O3. The molecule has 1 fully saturated rings. The summed E-state index contributed by atoms with van der Waals surface area (Å²) in [6.45, 7) is 3.90. The highest BCUT2D eigenvalue weighted by Crippen LogP contribution is 2.33. The van der Waals surface area contributed by atoms with Crippen molar-refractivity contribution in [1.82, 2.24) is 25.0 Å². The van der Waals surface area contributed by atoms with E-state index >= 15 is 0 Å². The molecule has 168 valence electrons. The molecule has 0 unspecified atom stereocenters. The Bertz CT molecular complexity index is 928. The van der Waals surface area contributed by atoms with E-state index in [1.807, 2.05) is 6.07 Å². The maximum atomic E-state index is 12.0. The third-order valence-corrected chi connectivity index (χ3v) is 6.62. The van der Waals surface area contributed by atoms with Crippen molar-refractivity contribution in [1.29, 1.82) is 0 Å². The second kappa shape index (κ2) is 9.87. The molecule has 1 N–H and O–H groups in total. The van der Waals surface area contributed by atoms with Gasteiger partial charge in [-0.2, -0.15) is 0 Å². The van der Waals surface area contributed by atoms with Crippen molar-refractivity contribution in [3.63, 3.8) is 0 Å². The van der Waals surface area contributed by atoms with Crippen LogP contribution in [0.5, 0.6) is 11.5 Å². The Hall–Kier alpha value is -2.32. The molecule has 31 heavy (non-hydrogen) atoms. The number of carbonyl (C=O) groups excluding carboxylic acids is 1. The fourth-order valence-corrected chi connectivity index (χ4v) is 4.35. The van der Waals surface area contributed by atoms with Crippen LogP contribution >= 0.6 is 11.6 Å². The molecule has 2 aromatic rings. The van der Waals surface area contributed by atoms with E-state index in [2.05, 4.69) is 25.0 Å². The highest BCUT2D eigenvalue weighted by Gasteiger charge is 2.25. The number of carbonyl (C=O) groups is 1. The maximum Gasteiger partial charge on any atom is 0.223 e. The first-order valence-corrected chi connectivity index (χ1v) is 11.3. The van der Waals surface area contributed by atoms with E-state index in [4.69, 9.17) is 21.1 Å². The predicted molar refractivity (Wildman–Crippen MR) is 118 cm³/mol. The zero-order valence-electron chi connectivity index (χ0n) is 18.2. The second-order valence-corrected chi connectivity index (χ2v) is 8.58. The molecular weight excluding hydrogens is 418 g/mol. The summed E-state index contributed by atoms with van der Waals surface area (Å²) in [7, 11) is 3.23. The van der Waals surface area contributed by atoms with Crippen LogP contribution in [-0.2, 0) is 30.7 Å². The SMILES string of the molecule is COc1cc(Cl)c(CN2CCc3nnc(CCNC(=O)C4CCC4)n3CC2)cc1OC. The molecule has 0 saturated heterocycles. The Morgan fingerprint density at radius 3 is 2.65 bits per heavy atom. The molecule has 1 aromatic heterocycles. The van der Waals surface area contributed by atoms with Crippen molar-refractivity contribution in [3.05, 3.63) is 34.4 Å². The van der Waals surface area contributed by atoms with Gasteiger partial charge in [0.15, 0.2) is 11.5 Å². The Labute approximate surface area is 187 Å². The van der Waals surface area contributed by atoms with Crippen LogP contribution in [0.2, 0.25) is 5.02 Å². The first-order chi connectivity index (χ1) is 15.1. The molecule has 1 aromatic carbocycles. The predicted octanol–water partition coefficient (Wildman–Crippen LogP) is 2.47. The number of fused-ring (bicyclic) bond motifs is 1. The fourth-order valence-electron chi connectivity index (χ4n) is 4.14. The first-order valence-electron chi connectivity index (χ1n) is 10.9. The molecule has 4 rings (SSSR count). The highest BCUT2D eigenvalue weighted by atomic mass is 35.5. The lowest BCUT2D eigenvalue weighted by molar-refractivity contribution is -0.127. The van der Waals surface area contributed by atoms with Gasteiger partial charge in [0.05, 0.1) is 14.2 Å². The zero-order valence-corrected chi connectivity index (χ0v) is 19.0. The lowest BCUT2D eigenvalue weighted by Crippen LogP contribution is -2.35. The van der Waals surface area contributed by atoms with Gasteiger partial charge in [0, 0.05) is 62.6 Å². The van der Waals surface area contributed by atoms with Crippen LogP contribution in [0.15, 0.2) is 12.1 Å². The first kappa shape index (κ1) is 21.9. The number of rotatable bonds is 8. The van der Waals surface area contributed by atoms with Gasteiger partial charge in [-0.05, 0) is 24.5 Å². The highest BCUT2D eigenvalue weighted by molar-refractivity contribution is 6.31. The maximum absolute atomic E-state index is 12.0. The van der Waals surface area contributed by atoms with E-state index in [0.717, 1.165) is 62.7 Å². The average Bonchev–Trinajstić information content (AvgIpc) is 2.99. The van der Waals surface area contributed by atoms with Gasteiger partial charge >= 0.3 is 0 Å². The van der Waals surface area contributed by atoms with E-state index < -0.39 is 0 Å². The Balaban J connectivity index is 1.35. The third kappa shape index (κ3) is 4.96. The molecule has 1 saturated carbocycles. The molecule has 8 nitrogen and oxygen atoms in total. The van der Waals surface area contributed by atoms with E-state index in [1.165, 1.54) is 6.42 Å². The Morgan fingerprint density at radius 2 is 1.94 bits per heavy atom. The second-order valence-electron chi connectivity index (χ2n) is 8.18. The molecule has 0 spiro atoms. The molecule has 1 aliphatic heterocycles. The molecule has 0 atom stereocenters. The Kier molecular flexibility index (Phi) is 6.97. The van der Waals surface area contributed by atoms with Crippen LogP contribution in [0.3, 0.4) is 0 Å². The minimum Gasteiger partial charge on any atom is -0.493 e. The smallest absolute Gasteiger partial charge is 0.223 e. The van der Waals surface area contributed by atoms with Gasteiger partial charge in [0.2, 0.25) is 5.91 Å². The van der Waals surface area contributed by atoms with Crippen LogP contribution < -0.4 is 14.8 Å². The number of hydrogen-bond acceptors (Lipinski definition) is 6. The number of amides is 1. The number of ether oxygens (including phenoxy) is 2. The average molecular weight is 448 g/mol.